The molecule has 0 amide bonds. The molecule has 0 bridgehead atoms. The zero-order valence-corrected chi connectivity index (χ0v) is 13.1. The maximum Gasteiger partial charge on any atom is 0.121 e. The first-order valence-corrected chi connectivity index (χ1v) is 7.89. The van der Waals surface area contributed by atoms with Gasteiger partial charge in [-0.3, -0.25) is 4.98 Å². The summed E-state index contributed by atoms with van der Waals surface area (Å²) in [5.74, 6) is 0.901. The summed E-state index contributed by atoms with van der Waals surface area (Å²) < 4.78 is 5.98. The predicted octanol–water partition coefficient (Wildman–Crippen LogP) is 4.81. The molecular weight excluding hydrogens is 302 g/mol. The molecule has 0 spiro atoms. The van der Waals surface area contributed by atoms with Gasteiger partial charge in [-0.2, -0.15) is 0 Å². The maximum atomic E-state index is 5.98. The second-order valence-corrected chi connectivity index (χ2v) is 5.55. The molecule has 0 aliphatic carbocycles. The molecule has 0 atom stereocenters. The van der Waals surface area contributed by atoms with Crippen molar-refractivity contribution in [3.05, 3.63) is 36.5 Å². The van der Waals surface area contributed by atoms with E-state index in [1.807, 2.05) is 24.4 Å². The second-order valence-electron chi connectivity index (χ2n) is 4.99. The molecule has 0 unspecified atom stereocenters. The fourth-order valence-electron chi connectivity index (χ4n) is 2.05. The molecule has 0 aliphatic heterocycles. The Kier molecular flexibility index (Phi) is 4.81. The fourth-order valence-corrected chi connectivity index (χ4v) is 3.01. The molecule has 0 N–H and O–H groups in total. The van der Waals surface area contributed by atoms with E-state index in [0.29, 0.717) is 0 Å². The van der Waals surface area contributed by atoms with Gasteiger partial charge in [-0.15, -0.1) is 0 Å². The van der Waals surface area contributed by atoms with E-state index in [0.717, 1.165) is 41.4 Å². The van der Waals surface area contributed by atoms with Crippen LogP contribution in [-0.4, -0.2) is 16.9 Å². The highest BCUT2D eigenvalue weighted by atomic mass is 79.9. The molecule has 1 aromatic carbocycles. The molecule has 2 nitrogen and oxygen atoms in total. The summed E-state index contributed by atoms with van der Waals surface area (Å²) in [4.78, 5) is 4.36. The third-order valence-corrected chi connectivity index (χ3v) is 5.10. The normalized spacial score (nSPS) is 11.7. The van der Waals surface area contributed by atoms with Crippen molar-refractivity contribution in [1.29, 1.82) is 0 Å². The molecule has 2 rings (SSSR count). The van der Waals surface area contributed by atoms with Crippen molar-refractivity contribution in [2.75, 3.05) is 11.9 Å². The lowest BCUT2D eigenvalue weighted by Gasteiger charge is -2.29. The monoisotopic (exact) mass is 321 g/mol. The van der Waals surface area contributed by atoms with Crippen molar-refractivity contribution in [3.8, 4) is 5.75 Å². The fraction of sp³-hybridized carbons (Fsp3) is 0.438. The number of rotatable bonds is 6. The van der Waals surface area contributed by atoms with Gasteiger partial charge < -0.3 is 4.74 Å². The first-order valence-electron chi connectivity index (χ1n) is 6.76. The van der Waals surface area contributed by atoms with Crippen LogP contribution in [0.2, 0.25) is 0 Å². The summed E-state index contributed by atoms with van der Waals surface area (Å²) in [7, 11) is 0. The lowest BCUT2D eigenvalue weighted by atomic mass is 9.86. The van der Waals surface area contributed by atoms with Gasteiger partial charge in [-0.05, 0) is 31.0 Å². The Hall–Kier alpha value is -1.09. The Balaban J connectivity index is 2.13. The minimum atomic E-state index is 0.221. The van der Waals surface area contributed by atoms with Crippen molar-refractivity contribution in [2.24, 2.45) is 5.41 Å². The first-order chi connectivity index (χ1) is 9.23. The van der Waals surface area contributed by atoms with Gasteiger partial charge in [0.2, 0.25) is 0 Å². The molecule has 3 heteroatoms. The molecule has 0 saturated heterocycles. The Morgan fingerprint density at radius 2 is 2.00 bits per heavy atom. The smallest absolute Gasteiger partial charge is 0.121 e. The molecule has 1 aromatic heterocycles. The third kappa shape index (κ3) is 3.27. The number of ether oxygens (including phenoxy) is 1. The molecule has 2 aromatic rings. The van der Waals surface area contributed by atoms with Gasteiger partial charge in [0.25, 0.3) is 0 Å². The van der Waals surface area contributed by atoms with Crippen LogP contribution in [0.1, 0.15) is 26.7 Å². The molecule has 19 heavy (non-hydrogen) atoms. The summed E-state index contributed by atoms with van der Waals surface area (Å²) in [6.45, 7) is 5.18. The molecule has 0 radical (unpaired) electrons. The van der Waals surface area contributed by atoms with Gasteiger partial charge in [0.05, 0.1) is 12.1 Å². The van der Waals surface area contributed by atoms with E-state index in [1.165, 1.54) is 0 Å². The van der Waals surface area contributed by atoms with Crippen LogP contribution in [0.5, 0.6) is 5.75 Å². The molecule has 102 valence electrons. The van der Waals surface area contributed by atoms with Crippen LogP contribution in [0.25, 0.3) is 10.9 Å². The standard InChI is InChI=1S/C16H20BrNO/c1-3-16(4-2,11-17)12-19-14-8-7-13-6-5-9-18-15(13)10-14/h5-10H,3-4,11-12H2,1-2H3. The Morgan fingerprint density at radius 1 is 1.21 bits per heavy atom. The number of hydrogen-bond acceptors (Lipinski definition) is 2. The summed E-state index contributed by atoms with van der Waals surface area (Å²) in [5, 5.41) is 2.12. The second kappa shape index (κ2) is 6.38. The zero-order chi connectivity index (χ0) is 13.7. The van der Waals surface area contributed by atoms with Crippen molar-refractivity contribution < 1.29 is 4.74 Å². The number of pyridine rings is 1. The van der Waals surface area contributed by atoms with E-state index in [-0.39, 0.29) is 5.41 Å². The molecule has 1 heterocycles. The van der Waals surface area contributed by atoms with Crippen molar-refractivity contribution >= 4 is 26.8 Å². The van der Waals surface area contributed by atoms with Crippen LogP contribution in [0.15, 0.2) is 36.5 Å². The maximum absolute atomic E-state index is 5.98. The number of alkyl halides is 1. The number of hydrogen-bond donors (Lipinski definition) is 0. The molecular formula is C16H20BrNO. The highest BCUT2D eigenvalue weighted by Gasteiger charge is 2.25. The summed E-state index contributed by atoms with van der Waals surface area (Å²) in [6, 6.07) is 10.1. The van der Waals surface area contributed by atoms with E-state index >= 15 is 0 Å². The van der Waals surface area contributed by atoms with E-state index < -0.39 is 0 Å². The van der Waals surface area contributed by atoms with Gasteiger partial charge in [-0.1, -0.05) is 35.8 Å². The average molecular weight is 322 g/mol. The van der Waals surface area contributed by atoms with Crippen LogP contribution >= 0.6 is 15.9 Å². The number of halogens is 1. The summed E-state index contributed by atoms with van der Waals surface area (Å²) in [6.07, 6.45) is 4.04. The van der Waals surface area contributed by atoms with Crippen LogP contribution in [0.3, 0.4) is 0 Å². The number of nitrogens with zero attached hydrogens (tertiary/aromatic N) is 1. The highest BCUT2D eigenvalue weighted by molar-refractivity contribution is 9.09. The van der Waals surface area contributed by atoms with Crippen molar-refractivity contribution in [1.82, 2.24) is 4.98 Å². The summed E-state index contributed by atoms with van der Waals surface area (Å²) in [5.41, 5.74) is 1.21. The minimum absolute atomic E-state index is 0.221. The number of fused-ring (bicyclic) bond motifs is 1. The minimum Gasteiger partial charge on any atom is -0.493 e. The molecule has 0 aliphatic rings. The van der Waals surface area contributed by atoms with Crippen LogP contribution < -0.4 is 4.74 Å². The Bertz CT molecular complexity index is 529. The van der Waals surface area contributed by atoms with Gasteiger partial charge in [-0.25, -0.2) is 0 Å². The van der Waals surface area contributed by atoms with Crippen LogP contribution in [0, 0.1) is 5.41 Å². The lowest BCUT2D eigenvalue weighted by molar-refractivity contribution is 0.158. The van der Waals surface area contributed by atoms with Crippen molar-refractivity contribution in [2.45, 2.75) is 26.7 Å². The SMILES string of the molecule is CCC(CC)(CBr)COc1ccc2cccnc2c1. The number of aromatic nitrogens is 1. The van der Waals surface area contributed by atoms with E-state index in [2.05, 4.69) is 46.9 Å². The van der Waals surface area contributed by atoms with Gasteiger partial charge in [0.1, 0.15) is 5.75 Å². The zero-order valence-electron chi connectivity index (χ0n) is 11.5. The molecule has 0 saturated carbocycles. The van der Waals surface area contributed by atoms with E-state index in [1.54, 1.807) is 0 Å². The van der Waals surface area contributed by atoms with Gasteiger partial charge >= 0.3 is 0 Å². The van der Waals surface area contributed by atoms with Crippen LogP contribution in [-0.2, 0) is 0 Å². The first kappa shape index (κ1) is 14.3. The predicted molar refractivity (Wildman–Crippen MR) is 84.0 cm³/mol. The van der Waals surface area contributed by atoms with Gasteiger partial charge in [0.15, 0.2) is 0 Å². The Morgan fingerprint density at radius 3 is 2.68 bits per heavy atom. The van der Waals surface area contributed by atoms with Gasteiger partial charge in [0, 0.05) is 28.4 Å². The lowest BCUT2D eigenvalue weighted by Crippen LogP contribution is -2.28. The topological polar surface area (TPSA) is 22.1 Å². The highest BCUT2D eigenvalue weighted by Crippen LogP contribution is 2.30. The summed E-state index contributed by atoms with van der Waals surface area (Å²) >= 11 is 3.61. The van der Waals surface area contributed by atoms with Crippen LogP contribution in [0.4, 0.5) is 0 Å². The molecule has 0 fully saturated rings. The largest absolute Gasteiger partial charge is 0.493 e. The van der Waals surface area contributed by atoms with E-state index in [9.17, 15) is 0 Å². The Labute approximate surface area is 123 Å². The average Bonchev–Trinajstić information content (AvgIpc) is 2.49. The van der Waals surface area contributed by atoms with Crippen molar-refractivity contribution in [3.63, 3.8) is 0 Å². The quantitative estimate of drug-likeness (QED) is 0.712. The number of benzene rings is 1. The van der Waals surface area contributed by atoms with E-state index in [4.69, 9.17) is 4.74 Å². The third-order valence-electron chi connectivity index (χ3n) is 3.91.